The summed E-state index contributed by atoms with van der Waals surface area (Å²) in [6.07, 6.45) is 1.70. The lowest BCUT2D eigenvalue weighted by Gasteiger charge is -2.39. The molecule has 0 bridgehead atoms. The summed E-state index contributed by atoms with van der Waals surface area (Å²) in [6, 6.07) is 8.97. The predicted molar refractivity (Wildman–Crippen MR) is 87.2 cm³/mol. The first-order valence-corrected chi connectivity index (χ1v) is 8.04. The zero-order chi connectivity index (χ0) is 17.0. The van der Waals surface area contributed by atoms with Gasteiger partial charge in [-0.25, -0.2) is 9.59 Å². The number of piperidine rings is 1. The van der Waals surface area contributed by atoms with Crippen molar-refractivity contribution >= 4 is 12.1 Å². The Morgan fingerprint density at radius 2 is 1.91 bits per heavy atom. The molecule has 1 aliphatic heterocycles. The van der Waals surface area contributed by atoms with Crippen molar-refractivity contribution in [2.24, 2.45) is 5.92 Å². The summed E-state index contributed by atoms with van der Waals surface area (Å²) in [5.41, 5.74) is 0.460. The number of rotatable bonds is 3. The van der Waals surface area contributed by atoms with Crippen molar-refractivity contribution in [2.75, 3.05) is 6.54 Å². The summed E-state index contributed by atoms with van der Waals surface area (Å²) < 4.78 is 5.38. The van der Waals surface area contributed by atoms with E-state index in [0.717, 1.165) is 18.4 Å². The highest BCUT2D eigenvalue weighted by Gasteiger charge is 2.40. The zero-order valence-corrected chi connectivity index (χ0v) is 14.0. The summed E-state index contributed by atoms with van der Waals surface area (Å²) in [5, 5.41) is 9.65. The van der Waals surface area contributed by atoms with E-state index in [0.29, 0.717) is 13.0 Å². The molecule has 1 N–H and O–H groups in total. The van der Waals surface area contributed by atoms with Crippen LogP contribution in [0.1, 0.15) is 39.2 Å². The Balaban J connectivity index is 2.16. The number of ether oxygens (including phenoxy) is 1. The maximum absolute atomic E-state index is 12.4. The number of likely N-dealkylation sites (tertiary alicyclic amines) is 1. The fourth-order valence-electron chi connectivity index (χ4n) is 3.07. The molecular formula is C18H25NO4. The standard InChI is InChI=1S/C18H25NO4/c1-18(2,3)23-17(22)19-11-7-10-14(15(19)16(20)21)12-13-8-5-4-6-9-13/h4-6,8-9,14-15H,7,10-12H2,1-3H3,(H,20,21)/t14-,15+/m0/s1. The van der Waals surface area contributed by atoms with Gasteiger partial charge in [0.25, 0.3) is 0 Å². The minimum Gasteiger partial charge on any atom is -0.480 e. The molecule has 0 aromatic heterocycles. The van der Waals surface area contributed by atoms with E-state index in [1.165, 1.54) is 4.90 Å². The van der Waals surface area contributed by atoms with Crippen molar-refractivity contribution in [2.45, 2.75) is 51.7 Å². The van der Waals surface area contributed by atoms with E-state index in [2.05, 4.69) is 0 Å². The number of amides is 1. The van der Waals surface area contributed by atoms with Gasteiger partial charge in [-0.05, 0) is 51.5 Å². The molecule has 2 atom stereocenters. The van der Waals surface area contributed by atoms with Gasteiger partial charge in [0.2, 0.25) is 0 Å². The van der Waals surface area contributed by atoms with Gasteiger partial charge in [0.05, 0.1) is 0 Å². The molecule has 0 aliphatic carbocycles. The summed E-state index contributed by atoms with van der Waals surface area (Å²) >= 11 is 0. The maximum Gasteiger partial charge on any atom is 0.411 e. The normalized spacial score (nSPS) is 21.8. The molecular weight excluding hydrogens is 294 g/mol. The van der Waals surface area contributed by atoms with E-state index in [1.54, 1.807) is 20.8 Å². The van der Waals surface area contributed by atoms with Gasteiger partial charge in [0.15, 0.2) is 0 Å². The number of carbonyl (C=O) groups is 2. The zero-order valence-electron chi connectivity index (χ0n) is 14.0. The van der Waals surface area contributed by atoms with Crippen molar-refractivity contribution in [3.8, 4) is 0 Å². The Hall–Kier alpha value is -2.04. The highest BCUT2D eigenvalue weighted by atomic mass is 16.6. The van der Waals surface area contributed by atoms with Crippen LogP contribution in [0.2, 0.25) is 0 Å². The first-order chi connectivity index (χ1) is 10.8. The molecule has 1 amide bonds. The lowest BCUT2D eigenvalue weighted by atomic mass is 9.84. The monoisotopic (exact) mass is 319 g/mol. The fourth-order valence-corrected chi connectivity index (χ4v) is 3.07. The average molecular weight is 319 g/mol. The molecule has 0 radical (unpaired) electrons. The summed E-state index contributed by atoms with van der Waals surface area (Å²) in [7, 11) is 0. The van der Waals surface area contributed by atoms with Crippen LogP contribution in [-0.4, -0.2) is 40.3 Å². The molecule has 2 rings (SSSR count). The van der Waals surface area contributed by atoms with E-state index in [-0.39, 0.29) is 5.92 Å². The Labute approximate surface area is 137 Å². The van der Waals surface area contributed by atoms with Gasteiger partial charge in [0.1, 0.15) is 11.6 Å². The summed E-state index contributed by atoms with van der Waals surface area (Å²) in [6.45, 7) is 5.78. The highest BCUT2D eigenvalue weighted by molar-refractivity contribution is 5.80. The number of benzene rings is 1. The number of hydrogen-bond donors (Lipinski definition) is 1. The van der Waals surface area contributed by atoms with Crippen LogP contribution in [0.3, 0.4) is 0 Å². The van der Waals surface area contributed by atoms with Crippen LogP contribution in [0.5, 0.6) is 0 Å². The first-order valence-electron chi connectivity index (χ1n) is 8.04. The molecule has 1 fully saturated rings. The van der Waals surface area contributed by atoms with E-state index in [4.69, 9.17) is 4.74 Å². The molecule has 0 unspecified atom stereocenters. The van der Waals surface area contributed by atoms with Crippen molar-refractivity contribution < 1.29 is 19.4 Å². The Kier molecular flexibility index (Phi) is 5.29. The number of aliphatic carboxylic acids is 1. The quantitative estimate of drug-likeness (QED) is 0.928. The number of nitrogens with zero attached hydrogens (tertiary/aromatic N) is 1. The second kappa shape index (κ2) is 7.02. The predicted octanol–water partition coefficient (Wildman–Crippen LogP) is 3.33. The molecule has 1 saturated heterocycles. The molecule has 1 aromatic rings. The van der Waals surface area contributed by atoms with Gasteiger partial charge in [0, 0.05) is 6.54 Å². The minimum atomic E-state index is -0.962. The number of carboxylic acids is 1. The van der Waals surface area contributed by atoms with Crippen LogP contribution in [-0.2, 0) is 16.0 Å². The molecule has 0 saturated carbocycles. The van der Waals surface area contributed by atoms with Crippen LogP contribution in [0.25, 0.3) is 0 Å². The topological polar surface area (TPSA) is 66.8 Å². The average Bonchev–Trinajstić information content (AvgIpc) is 2.46. The highest BCUT2D eigenvalue weighted by Crippen LogP contribution is 2.28. The van der Waals surface area contributed by atoms with Crippen LogP contribution < -0.4 is 0 Å². The third-order valence-corrected chi connectivity index (χ3v) is 3.98. The maximum atomic E-state index is 12.4. The first kappa shape index (κ1) is 17.3. The molecule has 0 spiro atoms. The van der Waals surface area contributed by atoms with Crippen LogP contribution in [0.4, 0.5) is 4.79 Å². The molecule has 5 heteroatoms. The number of carbonyl (C=O) groups excluding carboxylic acids is 1. The SMILES string of the molecule is CC(C)(C)OC(=O)N1CCC[C@@H](Cc2ccccc2)[C@@H]1C(=O)O. The van der Waals surface area contributed by atoms with E-state index in [1.807, 2.05) is 30.3 Å². The molecule has 1 heterocycles. The molecule has 1 aromatic carbocycles. The van der Waals surface area contributed by atoms with Crippen LogP contribution in [0, 0.1) is 5.92 Å². The van der Waals surface area contributed by atoms with Crippen LogP contribution >= 0.6 is 0 Å². The summed E-state index contributed by atoms with van der Waals surface area (Å²) in [5.74, 6) is -1.06. The fraction of sp³-hybridized carbons (Fsp3) is 0.556. The minimum absolute atomic E-state index is 0.101. The van der Waals surface area contributed by atoms with Crippen LogP contribution in [0.15, 0.2) is 30.3 Å². The van der Waals surface area contributed by atoms with Gasteiger partial charge in [-0.3, -0.25) is 4.90 Å². The summed E-state index contributed by atoms with van der Waals surface area (Å²) in [4.78, 5) is 25.5. The second-order valence-electron chi connectivity index (χ2n) is 7.05. The van der Waals surface area contributed by atoms with Gasteiger partial charge in [-0.1, -0.05) is 30.3 Å². The van der Waals surface area contributed by atoms with E-state index < -0.39 is 23.7 Å². The lowest BCUT2D eigenvalue weighted by molar-refractivity contribution is -0.146. The number of carboxylic acid groups (broad SMARTS) is 1. The van der Waals surface area contributed by atoms with Gasteiger partial charge < -0.3 is 9.84 Å². The van der Waals surface area contributed by atoms with Crippen molar-refractivity contribution in [1.82, 2.24) is 4.90 Å². The van der Waals surface area contributed by atoms with E-state index >= 15 is 0 Å². The third kappa shape index (κ3) is 4.71. The molecule has 1 aliphatic rings. The second-order valence-corrected chi connectivity index (χ2v) is 7.05. The van der Waals surface area contributed by atoms with Gasteiger partial charge in [-0.2, -0.15) is 0 Å². The third-order valence-electron chi connectivity index (χ3n) is 3.98. The molecule has 23 heavy (non-hydrogen) atoms. The largest absolute Gasteiger partial charge is 0.480 e. The Morgan fingerprint density at radius 3 is 2.48 bits per heavy atom. The van der Waals surface area contributed by atoms with Crippen molar-refractivity contribution in [3.63, 3.8) is 0 Å². The molecule has 126 valence electrons. The van der Waals surface area contributed by atoms with Crippen molar-refractivity contribution in [1.29, 1.82) is 0 Å². The Morgan fingerprint density at radius 1 is 1.26 bits per heavy atom. The molecule has 5 nitrogen and oxygen atoms in total. The van der Waals surface area contributed by atoms with E-state index in [9.17, 15) is 14.7 Å². The smallest absolute Gasteiger partial charge is 0.411 e. The van der Waals surface area contributed by atoms with Gasteiger partial charge >= 0.3 is 12.1 Å². The van der Waals surface area contributed by atoms with Crippen molar-refractivity contribution in [3.05, 3.63) is 35.9 Å². The number of hydrogen-bond acceptors (Lipinski definition) is 3. The Bertz CT molecular complexity index is 550. The lowest BCUT2D eigenvalue weighted by Crippen LogP contribution is -2.54. The van der Waals surface area contributed by atoms with Gasteiger partial charge in [-0.15, -0.1) is 0 Å².